The van der Waals surface area contributed by atoms with E-state index in [1.807, 2.05) is 94.4 Å². The Bertz CT molecular complexity index is 4680. The van der Waals surface area contributed by atoms with Crippen LogP contribution in [0.5, 0.6) is 0 Å². The van der Waals surface area contributed by atoms with E-state index in [-0.39, 0.29) is 81.8 Å². The van der Waals surface area contributed by atoms with Crippen molar-refractivity contribution in [2.75, 3.05) is 26.2 Å². The SMILES string of the molecule is CC(C)C[C@@H](NC(=O)CNC(=O)[C@@H](CC(C)C)NC(=O)[C@H](Cc1c[nH]c2ccccc12)NC(=O)[C@H](NC(=O)[C@@H](NC(=O)[C@H](NC(=O)[C@H](C)NC(=O)[C@@H](CC(C)C)NC(=O)[C@H](C)NC(=O)CNC(=O)C(C)NC=O)C(C)C)C(C)C)C(C)C)C(=O)N[C@@H](Cc1c[nH]c2ccccc12)C(=O)N[C@H](CC(C)C)C(=O)N[C@@H](Cc1c[nH]c2ccccc12)C(=O)NCCO. The van der Waals surface area contributed by atoms with Crippen LogP contribution in [-0.2, 0) is 96.0 Å². The number of aliphatic hydroxyl groups excluding tert-OH is 1. The normalized spacial score (nSPS) is 14.7. The Morgan fingerprint density at radius 2 is 0.589 bits per heavy atom. The van der Waals surface area contributed by atoms with Gasteiger partial charge in [0, 0.05) is 77.1 Å². The maximum absolute atomic E-state index is 15.0. The Morgan fingerprint density at radius 1 is 0.306 bits per heavy atom. The highest BCUT2D eigenvalue weighted by atomic mass is 16.3. The van der Waals surface area contributed by atoms with Gasteiger partial charge in [-0.3, -0.25) is 76.7 Å². The van der Waals surface area contributed by atoms with Crippen LogP contribution in [0.1, 0.15) is 160 Å². The molecule has 36 heteroatoms. The van der Waals surface area contributed by atoms with Crippen molar-refractivity contribution in [3.8, 4) is 0 Å². The number of nitrogens with one attached hydrogen (secondary N) is 19. The summed E-state index contributed by atoms with van der Waals surface area (Å²) in [4.78, 5) is 232. The molecule has 3 aromatic carbocycles. The zero-order chi connectivity index (χ0) is 91.9. The highest BCUT2D eigenvalue weighted by molar-refractivity contribution is 6.01. The molecule has 0 aliphatic carbocycles. The van der Waals surface area contributed by atoms with Crippen LogP contribution in [0.2, 0.25) is 0 Å². The van der Waals surface area contributed by atoms with E-state index in [2.05, 4.69) is 100 Å². The quantitative estimate of drug-likeness (QED) is 0.0241. The largest absolute Gasteiger partial charge is 0.395 e. The van der Waals surface area contributed by atoms with Gasteiger partial charge in [0.2, 0.25) is 95.0 Å². The summed E-state index contributed by atoms with van der Waals surface area (Å²) in [7, 11) is 0. The van der Waals surface area contributed by atoms with Gasteiger partial charge >= 0.3 is 0 Å². The Kier molecular flexibility index (Phi) is 39.4. The first-order valence-electron chi connectivity index (χ1n) is 42.5. The monoisotopic (exact) mass is 1720 g/mol. The minimum absolute atomic E-state index is 0.0295. The zero-order valence-electron chi connectivity index (χ0n) is 74.0. The average molecular weight is 1730 g/mol. The lowest BCUT2D eigenvalue weighted by molar-refractivity contribution is -0.137. The van der Waals surface area contributed by atoms with Crippen LogP contribution in [0.15, 0.2) is 91.4 Å². The molecule has 0 radical (unpaired) electrons. The van der Waals surface area contributed by atoms with Crippen molar-refractivity contribution in [1.29, 1.82) is 0 Å². The number of hydrogen-bond donors (Lipinski definition) is 20. The molecule has 36 nitrogen and oxygen atoms in total. The van der Waals surface area contributed by atoms with Crippen molar-refractivity contribution in [3.05, 3.63) is 108 Å². The summed E-state index contributed by atoms with van der Waals surface area (Å²) in [6.07, 6.45) is 5.58. The van der Waals surface area contributed by atoms with Crippen LogP contribution >= 0.6 is 0 Å². The standard InChI is InChI=1S/C88H129N19O17/c1-45(2)32-64(80(116)94-43-72(111)98-65(33-46(3)4)82(118)103-69(37-56-40-91-62-28-22-19-25-59(56)62)84(120)101-67(35-48(7)8)83(119)102-68(79(115)89-30-31-108)36-55-39-90-61-27-21-18-24-58(55)61)100-85(121)70(38-57-41-92-63-29-23-20-26-60(57)63)104-86(122)73(49(9)10)106-88(124)75(51(13)14)107-87(123)74(50(11)12)105-78(114)54(17)97-81(117)66(34-47(5)6)99-77(113)53(16)96-71(110)42-93-76(112)52(15)95-44-109/h18-29,39-41,44-54,64-70,73-75,90-92,108H,30-38,42-43H2,1-17H3,(H,89,115)(H,93,112)(H,94,116)(H,95,109)(H,96,110)(H,97,117)(H,98,111)(H,99,113)(H,100,121)(H,101,120)(H,102,119)(H,103,118)(H,104,122)(H,105,114)(H,106,124)(H,107,123)/t52?,53-,54-,64+,65+,66+,67+,68-,69-,70-,73+,74+,75-/m0/s1. The van der Waals surface area contributed by atoms with Gasteiger partial charge < -0.3 is 105 Å². The van der Waals surface area contributed by atoms with E-state index in [0.717, 1.165) is 27.4 Å². The van der Waals surface area contributed by atoms with Gasteiger partial charge in [-0.25, -0.2) is 0 Å². The average Bonchev–Trinajstić information content (AvgIpc) is 1.64. The molecule has 16 amide bonds. The van der Waals surface area contributed by atoms with Gasteiger partial charge in [-0.15, -0.1) is 0 Å². The van der Waals surface area contributed by atoms with E-state index in [1.165, 1.54) is 20.8 Å². The van der Waals surface area contributed by atoms with Gasteiger partial charge in [-0.1, -0.05) is 152 Å². The van der Waals surface area contributed by atoms with Crippen molar-refractivity contribution in [3.63, 3.8) is 0 Å². The molecule has 6 aromatic rings. The number of hydrogen-bond acceptors (Lipinski definition) is 17. The second-order valence-corrected chi connectivity index (χ2v) is 34.4. The third-order valence-corrected chi connectivity index (χ3v) is 20.8. The zero-order valence-corrected chi connectivity index (χ0v) is 74.0. The van der Waals surface area contributed by atoms with Crippen molar-refractivity contribution < 1.29 is 81.8 Å². The summed E-state index contributed by atoms with van der Waals surface area (Å²) in [5, 5.41) is 54.5. The Morgan fingerprint density at radius 3 is 0.968 bits per heavy atom. The van der Waals surface area contributed by atoms with E-state index in [9.17, 15) is 77.0 Å². The molecule has 0 saturated carbocycles. The fourth-order valence-electron chi connectivity index (χ4n) is 14.1. The molecule has 0 bridgehead atoms. The van der Waals surface area contributed by atoms with E-state index in [4.69, 9.17) is 0 Å². The van der Waals surface area contributed by atoms with Crippen LogP contribution in [0.4, 0.5) is 0 Å². The number of aliphatic hydroxyl groups is 1. The molecular weight excluding hydrogens is 1600 g/mol. The summed E-state index contributed by atoms with van der Waals surface area (Å²) >= 11 is 0. The number of benzene rings is 3. The highest BCUT2D eigenvalue weighted by Crippen LogP contribution is 2.24. The van der Waals surface area contributed by atoms with Crippen molar-refractivity contribution in [1.82, 2.24) is 100 Å². The maximum atomic E-state index is 15.0. The topological polar surface area (TPSA) is 533 Å². The van der Waals surface area contributed by atoms with Crippen molar-refractivity contribution in [2.45, 2.75) is 241 Å². The fraction of sp³-hybridized carbons (Fsp3) is 0.545. The van der Waals surface area contributed by atoms with Gasteiger partial charge in [-0.05, 0) is 123 Å². The Labute approximate surface area is 723 Å². The summed E-state index contributed by atoms with van der Waals surface area (Å²) in [6, 6.07) is 5.66. The number of para-hydroxylation sites is 3. The number of aromatic amines is 3. The fourth-order valence-corrected chi connectivity index (χ4v) is 14.1. The molecule has 0 aliphatic heterocycles. The smallest absolute Gasteiger partial charge is 0.243 e. The number of fused-ring (bicyclic) bond motifs is 3. The van der Waals surface area contributed by atoms with Gasteiger partial charge in [-0.2, -0.15) is 0 Å². The molecule has 124 heavy (non-hydrogen) atoms. The highest BCUT2D eigenvalue weighted by Gasteiger charge is 2.39. The Hall–Kier alpha value is -12.2. The summed E-state index contributed by atoms with van der Waals surface area (Å²) < 4.78 is 0. The lowest BCUT2D eigenvalue weighted by Gasteiger charge is -2.31. The molecule has 20 N–H and O–H groups in total. The minimum Gasteiger partial charge on any atom is -0.395 e. The van der Waals surface area contributed by atoms with Crippen LogP contribution in [0, 0.1) is 41.4 Å². The summed E-state index contributed by atoms with van der Waals surface area (Å²) in [6.45, 7) is 26.9. The van der Waals surface area contributed by atoms with Crippen LogP contribution in [0.3, 0.4) is 0 Å². The first-order valence-corrected chi connectivity index (χ1v) is 42.5. The predicted molar refractivity (Wildman–Crippen MR) is 468 cm³/mol. The number of carbonyl (C=O) groups excluding carboxylic acids is 16. The first-order chi connectivity index (χ1) is 58.6. The lowest BCUT2D eigenvalue weighted by atomic mass is 9.97. The van der Waals surface area contributed by atoms with E-state index in [0.29, 0.717) is 28.4 Å². The van der Waals surface area contributed by atoms with Gasteiger partial charge in [0.25, 0.3) is 0 Å². The molecule has 6 rings (SSSR count). The molecule has 3 aromatic heterocycles. The number of rotatable bonds is 50. The van der Waals surface area contributed by atoms with Crippen molar-refractivity contribution in [2.24, 2.45) is 41.4 Å². The lowest BCUT2D eigenvalue weighted by Crippen LogP contribution is -2.62. The van der Waals surface area contributed by atoms with E-state index >= 15 is 4.79 Å². The predicted octanol–water partition coefficient (Wildman–Crippen LogP) is 1.64. The number of carbonyl (C=O) groups is 16. The number of aromatic nitrogens is 3. The molecule has 13 atom stereocenters. The second-order valence-electron chi connectivity index (χ2n) is 34.4. The molecule has 1 unspecified atom stereocenters. The summed E-state index contributed by atoms with van der Waals surface area (Å²) in [5.74, 6) is -14.0. The maximum Gasteiger partial charge on any atom is 0.243 e. The molecular formula is C88H129N19O17. The molecule has 678 valence electrons. The molecule has 0 aliphatic rings. The van der Waals surface area contributed by atoms with Crippen LogP contribution < -0.4 is 85.1 Å². The molecule has 3 heterocycles. The third kappa shape index (κ3) is 31.0. The van der Waals surface area contributed by atoms with Gasteiger partial charge in [0.1, 0.15) is 78.5 Å². The van der Waals surface area contributed by atoms with Crippen LogP contribution in [-0.4, -0.2) is 220 Å². The third-order valence-electron chi connectivity index (χ3n) is 20.8. The molecule has 0 fully saturated rings. The van der Waals surface area contributed by atoms with Gasteiger partial charge in [0.15, 0.2) is 0 Å². The first kappa shape index (κ1) is 101. The van der Waals surface area contributed by atoms with Gasteiger partial charge in [0.05, 0.1) is 19.7 Å². The van der Waals surface area contributed by atoms with Crippen LogP contribution in [0.25, 0.3) is 32.7 Å². The van der Waals surface area contributed by atoms with E-state index < -0.39 is 198 Å². The van der Waals surface area contributed by atoms with E-state index in [1.54, 1.807) is 93.9 Å². The van der Waals surface area contributed by atoms with Crippen molar-refractivity contribution >= 4 is 128 Å². The Balaban J connectivity index is 1.15. The number of amides is 16. The second kappa shape index (κ2) is 48.6. The summed E-state index contributed by atoms with van der Waals surface area (Å²) in [5.41, 5.74) is 4.24. The molecule has 0 saturated heterocycles. The number of H-pyrrole nitrogens is 3. The minimum atomic E-state index is -1.43. The molecule has 0 spiro atoms.